The van der Waals surface area contributed by atoms with Crippen LogP contribution in [0.15, 0.2) is 28.2 Å². The number of carbonyl (C=O) groups excluding carboxylic acids is 1. The number of aromatic nitrogens is 2. The summed E-state index contributed by atoms with van der Waals surface area (Å²) in [5, 5.41) is 12.7. The van der Waals surface area contributed by atoms with E-state index in [-0.39, 0.29) is 18.3 Å². The normalized spacial score (nSPS) is 17.8. The number of piperidine rings is 1. The van der Waals surface area contributed by atoms with Crippen molar-refractivity contribution in [3.63, 3.8) is 0 Å². The molecule has 1 amide bonds. The van der Waals surface area contributed by atoms with Gasteiger partial charge in [0.15, 0.2) is 0 Å². The molecule has 0 radical (unpaired) electrons. The zero-order valence-electron chi connectivity index (χ0n) is 11.9. The maximum atomic E-state index is 12.1. The molecular weight excluding hydrogens is 388 g/mol. The maximum absolute atomic E-state index is 12.1. The summed E-state index contributed by atoms with van der Waals surface area (Å²) in [6.07, 6.45) is 4.16. The van der Waals surface area contributed by atoms with E-state index < -0.39 is 0 Å². The molecule has 1 aliphatic rings. The number of nitrogens with zero attached hydrogens (tertiary/aromatic N) is 2. The van der Waals surface area contributed by atoms with E-state index in [1.165, 1.54) is 0 Å². The molecule has 3 heterocycles. The molecule has 0 spiro atoms. The molecule has 2 aromatic heterocycles. The van der Waals surface area contributed by atoms with Crippen molar-refractivity contribution in [1.82, 2.24) is 20.4 Å². The van der Waals surface area contributed by atoms with Gasteiger partial charge in [-0.3, -0.25) is 9.48 Å². The van der Waals surface area contributed by atoms with Crippen LogP contribution in [0.2, 0.25) is 0 Å². The van der Waals surface area contributed by atoms with E-state index in [0.29, 0.717) is 18.3 Å². The predicted octanol–water partition coefficient (Wildman–Crippen LogP) is 2.98. The molecule has 1 aliphatic heterocycles. The lowest BCUT2D eigenvalue weighted by atomic mass is 10.1. The number of nitrogens with one attached hydrogen (secondary N) is 2. The minimum absolute atomic E-state index is 0. The van der Waals surface area contributed by atoms with Gasteiger partial charge in [0.2, 0.25) is 0 Å². The highest BCUT2D eigenvalue weighted by molar-refractivity contribution is 9.10. The van der Waals surface area contributed by atoms with Gasteiger partial charge in [-0.2, -0.15) is 5.10 Å². The van der Waals surface area contributed by atoms with Gasteiger partial charge in [0.05, 0.1) is 12.6 Å². The summed E-state index contributed by atoms with van der Waals surface area (Å²) in [7, 11) is 0. The van der Waals surface area contributed by atoms with Gasteiger partial charge in [0, 0.05) is 27.5 Å². The van der Waals surface area contributed by atoms with Crippen molar-refractivity contribution in [2.24, 2.45) is 0 Å². The third kappa shape index (κ3) is 4.32. The van der Waals surface area contributed by atoms with Crippen LogP contribution in [0.5, 0.6) is 0 Å². The molecule has 1 unspecified atom stereocenters. The number of thiophene rings is 1. The highest BCUT2D eigenvalue weighted by atomic mass is 79.9. The Morgan fingerprint density at radius 1 is 1.59 bits per heavy atom. The summed E-state index contributed by atoms with van der Waals surface area (Å²) in [5.41, 5.74) is 0.483. The van der Waals surface area contributed by atoms with Crippen molar-refractivity contribution >= 4 is 45.6 Å². The fourth-order valence-electron chi connectivity index (χ4n) is 2.43. The van der Waals surface area contributed by atoms with E-state index >= 15 is 0 Å². The number of amides is 1. The van der Waals surface area contributed by atoms with Crippen LogP contribution < -0.4 is 10.6 Å². The lowest BCUT2D eigenvalue weighted by molar-refractivity contribution is 0.0945. The standard InChI is InChI=1S/C14H17BrN4OS.ClH/c15-10-6-12(21-9-10)8-17-14(20)13-3-5-19(18-13)11-2-1-4-16-7-11;/h3,5-6,9,11,16H,1-2,4,7-8H2,(H,17,20);1H. The van der Waals surface area contributed by atoms with Crippen molar-refractivity contribution in [1.29, 1.82) is 0 Å². The molecule has 3 rings (SSSR count). The van der Waals surface area contributed by atoms with Gasteiger partial charge in [-0.1, -0.05) is 0 Å². The summed E-state index contributed by atoms with van der Waals surface area (Å²) >= 11 is 5.03. The Kier molecular flexibility index (Phi) is 6.43. The monoisotopic (exact) mass is 404 g/mol. The molecule has 22 heavy (non-hydrogen) atoms. The molecule has 5 nitrogen and oxygen atoms in total. The summed E-state index contributed by atoms with van der Waals surface area (Å²) < 4.78 is 2.95. The molecular formula is C14H18BrClN4OS. The van der Waals surface area contributed by atoms with E-state index in [1.807, 2.05) is 22.3 Å². The number of hydrogen-bond acceptors (Lipinski definition) is 4. The van der Waals surface area contributed by atoms with Crippen LogP contribution in [0.1, 0.15) is 34.2 Å². The van der Waals surface area contributed by atoms with Crippen molar-refractivity contribution in [2.45, 2.75) is 25.4 Å². The Labute approximate surface area is 148 Å². The summed E-state index contributed by atoms with van der Waals surface area (Å²) in [6.45, 7) is 2.53. The quantitative estimate of drug-likeness (QED) is 0.822. The van der Waals surface area contributed by atoms with E-state index in [0.717, 1.165) is 35.3 Å². The Hall–Kier alpha value is -0.890. The van der Waals surface area contributed by atoms with Gasteiger partial charge in [-0.05, 0) is 47.4 Å². The first-order chi connectivity index (χ1) is 10.2. The molecule has 120 valence electrons. The van der Waals surface area contributed by atoms with E-state index in [4.69, 9.17) is 0 Å². The van der Waals surface area contributed by atoms with Gasteiger partial charge in [-0.25, -0.2) is 0 Å². The van der Waals surface area contributed by atoms with E-state index in [9.17, 15) is 4.79 Å². The fourth-order valence-corrected chi connectivity index (χ4v) is 3.82. The Bertz CT molecular complexity index is 624. The molecule has 1 saturated heterocycles. The lowest BCUT2D eigenvalue weighted by Gasteiger charge is -2.22. The smallest absolute Gasteiger partial charge is 0.272 e. The molecule has 2 N–H and O–H groups in total. The largest absolute Gasteiger partial charge is 0.346 e. The van der Waals surface area contributed by atoms with Crippen LogP contribution in [0, 0.1) is 0 Å². The first-order valence-electron chi connectivity index (χ1n) is 6.99. The second-order valence-electron chi connectivity index (χ2n) is 5.10. The SMILES string of the molecule is Cl.O=C(NCc1cc(Br)cs1)c1ccn(C2CCCNC2)n1. The number of halogens is 2. The minimum atomic E-state index is -0.123. The van der Waals surface area contributed by atoms with Crippen molar-refractivity contribution < 1.29 is 4.79 Å². The number of carbonyl (C=O) groups is 1. The maximum Gasteiger partial charge on any atom is 0.272 e. The lowest BCUT2D eigenvalue weighted by Crippen LogP contribution is -2.32. The van der Waals surface area contributed by atoms with E-state index in [1.54, 1.807) is 17.4 Å². The van der Waals surface area contributed by atoms with Crippen LogP contribution >= 0.6 is 39.7 Å². The number of rotatable bonds is 4. The van der Waals surface area contributed by atoms with Crippen molar-refractivity contribution in [3.05, 3.63) is 38.8 Å². The first-order valence-corrected chi connectivity index (χ1v) is 8.66. The van der Waals surface area contributed by atoms with Crippen molar-refractivity contribution in [3.8, 4) is 0 Å². The van der Waals surface area contributed by atoms with Gasteiger partial charge in [0.1, 0.15) is 5.69 Å². The Morgan fingerprint density at radius 3 is 3.14 bits per heavy atom. The highest BCUT2D eigenvalue weighted by Gasteiger charge is 2.17. The second kappa shape index (κ2) is 8.10. The number of hydrogen-bond donors (Lipinski definition) is 2. The second-order valence-corrected chi connectivity index (χ2v) is 7.01. The van der Waals surface area contributed by atoms with Gasteiger partial charge in [0.25, 0.3) is 5.91 Å². The van der Waals surface area contributed by atoms with Crippen LogP contribution in [0.4, 0.5) is 0 Å². The topological polar surface area (TPSA) is 59.0 Å². The highest BCUT2D eigenvalue weighted by Crippen LogP contribution is 2.19. The zero-order valence-corrected chi connectivity index (χ0v) is 15.1. The summed E-state index contributed by atoms with van der Waals surface area (Å²) in [6, 6.07) is 4.15. The van der Waals surface area contributed by atoms with Crippen LogP contribution in [0.3, 0.4) is 0 Å². The van der Waals surface area contributed by atoms with Crippen LogP contribution in [-0.4, -0.2) is 28.8 Å². The molecule has 0 saturated carbocycles. The first kappa shape index (κ1) is 17.5. The molecule has 1 fully saturated rings. The van der Waals surface area contributed by atoms with Gasteiger partial charge in [-0.15, -0.1) is 23.7 Å². The predicted molar refractivity (Wildman–Crippen MR) is 93.8 cm³/mol. The van der Waals surface area contributed by atoms with E-state index in [2.05, 4.69) is 31.7 Å². The molecule has 2 aromatic rings. The molecule has 0 aromatic carbocycles. The minimum Gasteiger partial charge on any atom is -0.346 e. The Balaban J connectivity index is 0.00000176. The molecule has 0 bridgehead atoms. The van der Waals surface area contributed by atoms with Crippen LogP contribution in [0.25, 0.3) is 0 Å². The molecule has 8 heteroatoms. The average molecular weight is 406 g/mol. The summed E-state index contributed by atoms with van der Waals surface area (Å²) in [4.78, 5) is 13.2. The van der Waals surface area contributed by atoms with Gasteiger partial charge >= 0.3 is 0 Å². The summed E-state index contributed by atoms with van der Waals surface area (Å²) in [5.74, 6) is -0.123. The third-order valence-electron chi connectivity index (χ3n) is 3.53. The third-order valence-corrected chi connectivity index (χ3v) is 5.23. The van der Waals surface area contributed by atoms with Crippen LogP contribution in [-0.2, 0) is 6.54 Å². The Morgan fingerprint density at radius 2 is 2.45 bits per heavy atom. The molecule has 0 aliphatic carbocycles. The van der Waals surface area contributed by atoms with Gasteiger partial charge < -0.3 is 10.6 Å². The average Bonchev–Trinajstić information content (AvgIpc) is 3.15. The zero-order chi connectivity index (χ0) is 14.7. The fraction of sp³-hybridized carbons (Fsp3) is 0.429. The van der Waals surface area contributed by atoms with Crippen molar-refractivity contribution in [2.75, 3.05) is 13.1 Å². The molecule has 1 atom stereocenters.